The first-order valence-electron chi connectivity index (χ1n) is 8.64. The van der Waals surface area contributed by atoms with Crippen LogP contribution in [0.4, 0.5) is 0 Å². The summed E-state index contributed by atoms with van der Waals surface area (Å²) >= 11 is 0. The zero-order valence-electron chi connectivity index (χ0n) is 14.6. The van der Waals surface area contributed by atoms with Crippen LogP contribution in [0, 0.1) is 5.41 Å². The van der Waals surface area contributed by atoms with Crippen LogP contribution in [0.3, 0.4) is 0 Å². The van der Waals surface area contributed by atoms with Crippen molar-refractivity contribution in [3.05, 3.63) is 35.9 Å². The van der Waals surface area contributed by atoms with Crippen LogP contribution >= 0.6 is 0 Å². The Kier molecular flexibility index (Phi) is 4.81. The molecule has 4 rings (SSSR count). The minimum Gasteiger partial charge on any atom is -0.460 e. The fourth-order valence-electron chi connectivity index (χ4n) is 3.24. The molecule has 3 aliphatic heterocycles. The van der Waals surface area contributed by atoms with Gasteiger partial charge in [-0.3, -0.25) is 20.4 Å². The topological polar surface area (TPSA) is 160 Å². The third-order valence-electron chi connectivity index (χ3n) is 4.64. The fourth-order valence-corrected chi connectivity index (χ4v) is 3.24. The lowest BCUT2D eigenvalue weighted by Gasteiger charge is -2.30. The zero-order chi connectivity index (χ0) is 19.8. The van der Waals surface area contributed by atoms with Crippen LogP contribution in [0.1, 0.15) is 5.56 Å². The molecule has 1 amide bonds. The number of aliphatic imine (C=N–C) groups is 2. The lowest BCUT2D eigenvalue weighted by Crippen LogP contribution is -2.54. The number of benzene rings is 1. The van der Waals surface area contributed by atoms with Gasteiger partial charge < -0.3 is 24.8 Å². The quantitative estimate of drug-likeness (QED) is 0.404. The maximum atomic E-state index is 12.2. The van der Waals surface area contributed by atoms with E-state index < -0.39 is 43.1 Å². The molecule has 11 nitrogen and oxygen atoms in total. The molecule has 3 aliphatic rings. The fraction of sp³-hybridized carbons (Fsp3) is 0.412. The number of fused-ring (bicyclic) bond motifs is 1. The van der Waals surface area contributed by atoms with Crippen molar-refractivity contribution in [1.82, 2.24) is 10.2 Å². The van der Waals surface area contributed by atoms with E-state index in [2.05, 4.69) is 15.3 Å². The SMILES string of the molecule is N=C1N=C2C(N=C(OCc3ccccc3)N2[C@@H]2O[C@H](CO)[C@@H](O)[C@H]2O)C(=O)N1. The van der Waals surface area contributed by atoms with Gasteiger partial charge in [-0.15, -0.1) is 0 Å². The second-order valence-electron chi connectivity index (χ2n) is 6.50. The van der Waals surface area contributed by atoms with Crippen molar-refractivity contribution in [1.29, 1.82) is 5.41 Å². The van der Waals surface area contributed by atoms with Crippen LogP contribution in [0.15, 0.2) is 40.3 Å². The monoisotopic (exact) mass is 389 g/mol. The number of rotatable bonds is 4. The highest BCUT2D eigenvalue weighted by Crippen LogP contribution is 2.29. The number of amidine groups is 2. The van der Waals surface area contributed by atoms with E-state index in [9.17, 15) is 20.1 Å². The van der Waals surface area contributed by atoms with Crippen LogP contribution in [0.25, 0.3) is 0 Å². The van der Waals surface area contributed by atoms with E-state index in [1.165, 1.54) is 4.90 Å². The molecular weight excluding hydrogens is 370 g/mol. The Balaban J connectivity index is 1.64. The number of aliphatic hydroxyl groups is 3. The summed E-state index contributed by atoms with van der Waals surface area (Å²) in [4.78, 5) is 21.7. The normalized spacial score (nSPS) is 32.0. The molecule has 1 aromatic rings. The molecule has 5 N–H and O–H groups in total. The van der Waals surface area contributed by atoms with Crippen molar-refractivity contribution in [2.24, 2.45) is 9.98 Å². The summed E-state index contributed by atoms with van der Waals surface area (Å²) in [5.74, 6) is -0.899. The molecule has 0 bridgehead atoms. The molecule has 11 heteroatoms. The Morgan fingerprint density at radius 1 is 1.25 bits per heavy atom. The van der Waals surface area contributed by atoms with Crippen molar-refractivity contribution >= 4 is 23.7 Å². The highest BCUT2D eigenvalue weighted by Gasteiger charge is 2.53. The van der Waals surface area contributed by atoms with E-state index in [4.69, 9.17) is 14.9 Å². The summed E-state index contributed by atoms with van der Waals surface area (Å²) in [6.45, 7) is -0.379. The van der Waals surface area contributed by atoms with Gasteiger partial charge in [-0.05, 0) is 5.56 Å². The number of hydrogen-bond acceptors (Lipinski definition) is 9. The molecule has 1 saturated heterocycles. The number of nitrogens with zero attached hydrogens (tertiary/aromatic N) is 3. The number of guanidine groups is 1. The van der Waals surface area contributed by atoms with Gasteiger partial charge in [0.2, 0.25) is 5.96 Å². The van der Waals surface area contributed by atoms with Crippen molar-refractivity contribution in [3.8, 4) is 0 Å². The third-order valence-corrected chi connectivity index (χ3v) is 4.64. The average Bonchev–Trinajstić information content (AvgIpc) is 3.18. The molecule has 0 aromatic heterocycles. The molecule has 0 radical (unpaired) electrons. The molecule has 148 valence electrons. The van der Waals surface area contributed by atoms with Crippen LogP contribution in [0.2, 0.25) is 0 Å². The van der Waals surface area contributed by atoms with Crippen LogP contribution in [-0.2, 0) is 20.9 Å². The van der Waals surface area contributed by atoms with Crippen LogP contribution in [-0.4, -0.2) is 81.1 Å². The number of hydrogen-bond donors (Lipinski definition) is 5. The molecular formula is C17H19N5O6. The van der Waals surface area contributed by atoms with Gasteiger partial charge in [0.05, 0.1) is 6.61 Å². The van der Waals surface area contributed by atoms with E-state index in [-0.39, 0.29) is 24.4 Å². The number of carbonyl (C=O) groups excluding carboxylic acids is 1. The van der Waals surface area contributed by atoms with Gasteiger partial charge in [-0.25, -0.2) is 4.99 Å². The maximum absolute atomic E-state index is 12.2. The summed E-state index contributed by atoms with van der Waals surface area (Å²) in [6, 6.07) is 8.14. The largest absolute Gasteiger partial charge is 0.460 e. The predicted octanol–water partition coefficient (Wildman–Crippen LogP) is -1.85. The first-order chi connectivity index (χ1) is 13.5. The molecule has 1 unspecified atom stereocenters. The van der Waals surface area contributed by atoms with Gasteiger partial charge in [0.1, 0.15) is 24.9 Å². The molecule has 0 saturated carbocycles. The second kappa shape index (κ2) is 7.28. The Labute approximate surface area is 159 Å². The number of amides is 1. The Morgan fingerprint density at radius 2 is 2.00 bits per heavy atom. The van der Waals surface area contributed by atoms with Gasteiger partial charge in [0.25, 0.3) is 11.9 Å². The highest BCUT2D eigenvalue weighted by atomic mass is 16.6. The summed E-state index contributed by atoms with van der Waals surface area (Å²) < 4.78 is 11.3. The lowest BCUT2D eigenvalue weighted by molar-refractivity contribution is -0.119. The molecule has 0 aliphatic carbocycles. The lowest BCUT2D eigenvalue weighted by atomic mass is 10.1. The first-order valence-corrected chi connectivity index (χ1v) is 8.64. The Bertz CT molecular complexity index is 844. The van der Waals surface area contributed by atoms with Gasteiger partial charge in [-0.2, -0.15) is 4.99 Å². The van der Waals surface area contributed by atoms with Crippen LogP contribution < -0.4 is 5.32 Å². The molecule has 0 spiro atoms. The standard InChI is InChI=1S/C17H19N5O6/c18-16-20-13-10(14(26)21-16)19-17(27-7-8-4-2-1-3-5-8)22(13)15-12(25)11(24)9(6-23)28-15/h1-5,9-12,15,23-25H,6-7H2,(H2,18,21,26)/t9-,10?,11-,12-,15-/m1/s1. The van der Waals surface area contributed by atoms with E-state index in [0.717, 1.165) is 5.56 Å². The Morgan fingerprint density at radius 3 is 2.68 bits per heavy atom. The van der Waals surface area contributed by atoms with Gasteiger partial charge in [0.15, 0.2) is 18.1 Å². The first kappa shape index (κ1) is 18.5. The minimum absolute atomic E-state index is 0.0349. The zero-order valence-corrected chi connectivity index (χ0v) is 14.6. The molecule has 5 atom stereocenters. The molecule has 28 heavy (non-hydrogen) atoms. The molecule has 3 heterocycles. The third kappa shape index (κ3) is 3.14. The number of carbonyl (C=O) groups is 1. The van der Waals surface area contributed by atoms with Gasteiger partial charge >= 0.3 is 0 Å². The average molecular weight is 389 g/mol. The highest BCUT2D eigenvalue weighted by molar-refractivity contribution is 6.24. The number of nitrogens with one attached hydrogen (secondary N) is 2. The number of ether oxygens (including phenoxy) is 2. The summed E-state index contributed by atoms with van der Waals surface area (Å²) in [6.07, 6.45) is -4.97. The summed E-state index contributed by atoms with van der Waals surface area (Å²) in [5.41, 5.74) is 0.848. The predicted molar refractivity (Wildman–Crippen MR) is 95.4 cm³/mol. The second-order valence-corrected chi connectivity index (χ2v) is 6.50. The smallest absolute Gasteiger partial charge is 0.296 e. The maximum Gasteiger partial charge on any atom is 0.296 e. The van der Waals surface area contributed by atoms with Crippen molar-refractivity contribution in [2.75, 3.05) is 6.61 Å². The van der Waals surface area contributed by atoms with E-state index >= 15 is 0 Å². The van der Waals surface area contributed by atoms with Crippen molar-refractivity contribution < 1.29 is 29.6 Å². The van der Waals surface area contributed by atoms with E-state index in [1.807, 2.05) is 30.3 Å². The van der Waals surface area contributed by atoms with Crippen molar-refractivity contribution in [3.63, 3.8) is 0 Å². The summed E-state index contributed by atoms with van der Waals surface area (Å²) in [7, 11) is 0. The molecule has 1 fully saturated rings. The molecule has 1 aromatic carbocycles. The minimum atomic E-state index is -1.41. The van der Waals surface area contributed by atoms with Gasteiger partial charge in [-0.1, -0.05) is 30.3 Å². The summed E-state index contributed by atoms with van der Waals surface area (Å²) in [5, 5.41) is 39.8. The Hall–Kier alpha value is -2.86. The van der Waals surface area contributed by atoms with Crippen molar-refractivity contribution in [2.45, 2.75) is 37.2 Å². The van der Waals surface area contributed by atoms with E-state index in [0.29, 0.717) is 0 Å². The number of aliphatic hydroxyl groups excluding tert-OH is 3. The van der Waals surface area contributed by atoms with Gasteiger partial charge in [0, 0.05) is 0 Å². The van der Waals surface area contributed by atoms with Crippen LogP contribution in [0.5, 0.6) is 0 Å². The van der Waals surface area contributed by atoms with E-state index in [1.54, 1.807) is 0 Å².